The van der Waals surface area contributed by atoms with Gasteiger partial charge in [0.2, 0.25) is 0 Å². The lowest BCUT2D eigenvalue weighted by atomic mass is 10.1. The number of H-pyrrole nitrogens is 1. The molecule has 152 valence electrons. The number of imidazole rings is 1. The Labute approximate surface area is 169 Å². The first kappa shape index (κ1) is 19.5. The molecule has 4 rings (SSSR count). The molecule has 5 nitrogen and oxygen atoms in total. The minimum absolute atomic E-state index is 0.554. The minimum atomic E-state index is -0.874. The van der Waals surface area contributed by atoms with Gasteiger partial charge in [-0.15, -0.1) is 0 Å². The van der Waals surface area contributed by atoms with Gasteiger partial charge in [0.15, 0.2) is 11.6 Å². The van der Waals surface area contributed by atoms with E-state index in [2.05, 4.69) is 38.6 Å². The van der Waals surface area contributed by atoms with E-state index in [1.807, 2.05) is 12.1 Å². The topological polar surface area (TPSA) is 48.0 Å². The third kappa shape index (κ3) is 4.45. The van der Waals surface area contributed by atoms with Gasteiger partial charge in [-0.3, -0.25) is 4.90 Å². The van der Waals surface area contributed by atoms with E-state index in [1.54, 1.807) is 12.4 Å². The molecule has 1 N–H and O–H groups in total. The van der Waals surface area contributed by atoms with E-state index < -0.39 is 11.6 Å². The van der Waals surface area contributed by atoms with Gasteiger partial charge in [-0.05, 0) is 36.2 Å². The van der Waals surface area contributed by atoms with Crippen molar-refractivity contribution < 1.29 is 8.78 Å². The molecule has 0 aliphatic carbocycles. The van der Waals surface area contributed by atoms with Crippen molar-refractivity contribution >= 4 is 5.82 Å². The number of nitrogens with zero attached hydrogens (tertiary/aromatic N) is 4. The number of nitrogens with one attached hydrogen (secondary N) is 1. The largest absolute Gasteiger partial charge is 0.354 e. The third-order valence-corrected chi connectivity index (χ3v) is 5.14. The molecule has 0 amide bonds. The van der Waals surface area contributed by atoms with Crippen LogP contribution >= 0.6 is 0 Å². The third-order valence-electron chi connectivity index (χ3n) is 5.14. The van der Waals surface area contributed by atoms with Gasteiger partial charge in [0, 0.05) is 50.0 Å². The molecule has 0 spiro atoms. The predicted octanol–water partition coefficient (Wildman–Crippen LogP) is 4.19. The van der Waals surface area contributed by atoms with Crippen LogP contribution in [0.5, 0.6) is 0 Å². The normalized spacial score (nSPS) is 15.3. The zero-order valence-electron chi connectivity index (χ0n) is 16.7. The maximum atomic E-state index is 13.5. The lowest BCUT2D eigenvalue weighted by Gasteiger charge is -2.36. The number of pyridine rings is 1. The average molecular weight is 397 g/mol. The van der Waals surface area contributed by atoms with Gasteiger partial charge in [0.05, 0.1) is 11.9 Å². The number of halogens is 2. The molecule has 1 fully saturated rings. The fourth-order valence-electron chi connectivity index (χ4n) is 3.69. The molecule has 0 saturated carbocycles. The number of hydrogen-bond donors (Lipinski definition) is 1. The molecule has 1 aliphatic heterocycles. The monoisotopic (exact) mass is 397 g/mol. The summed E-state index contributed by atoms with van der Waals surface area (Å²) in [7, 11) is 0. The van der Waals surface area contributed by atoms with Crippen molar-refractivity contribution in [2.75, 3.05) is 37.6 Å². The Hall–Kier alpha value is -2.80. The SMILES string of the molecule is CC(C)CN1CCN(c2cc(-c3ncc(-c4ccc(F)c(F)c4)[nH]3)ccn2)CC1. The van der Waals surface area contributed by atoms with Crippen LogP contribution in [0.4, 0.5) is 14.6 Å². The van der Waals surface area contributed by atoms with Crippen molar-refractivity contribution in [3.05, 3.63) is 54.4 Å². The number of benzene rings is 1. The lowest BCUT2D eigenvalue weighted by molar-refractivity contribution is 0.231. The molecule has 0 unspecified atom stereocenters. The molecule has 1 saturated heterocycles. The second kappa shape index (κ2) is 8.29. The van der Waals surface area contributed by atoms with Crippen LogP contribution in [0.1, 0.15) is 13.8 Å². The van der Waals surface area contributed by atoms with Crippen molar-refractivity contribution in [2.45, 2.75) is 13.8 Å². The van der Waals surface area contributed by atoms with Gasteiger partial charge < -0.3 is 9.88 Å². The first-order valence-electron chi connectivity index (χ1n) is 9.94. The Morgan fingerprint density at radius 1 is 0.966 bits per heavy atom. The first-order valence-corrected chi connectivity index (χ1v) is 9.94. The Morgan fingerprint density at radius 3 is 2.48 bits per heavy atom. The summed E-state index contributed by atoms with van der Waals surface area (Å²) >= 11 is 0. The molecule has 0 bridgehead atoms. The smallest absolute Gasteiger partial charge is 0.159 e. The molecule has 3 aromatic rings. The van der Waals surface area contributed by atoms with E-state index in [0.717, 1.165) is 50.2 Å². The Balaban J connectivity index is 1.50. The van der Waals surface area contributed by atoms with Crippen molar-refractivity contribution in [1.29, 1.82) is 0 Å². The number of rotatable bonds is 5. The second-order valence-corrected chi connectivity index (χ2v) is 7.86. The minimum Gasteiger partial charge on any atom is -0.354 e. The summed E-state index contributed by atoms with van der Waals surface area (Å²) in [5.74, 6) is 0.539. The molecule has 7 heteroatoms. The van der Waals surface area contributed by atoms with Gasteiger partial charge >= 0.3 is 0 Å². The van der Waals surface area contributed by atoms with Crippen LogP contribution in [-0.4, -0.2) is 52.6 Å². The summed E-state index contributed by atoms with van der Waals surface area (Å²) in [6.07, 6.45) is 3.41. The number of aromatic nitrogens is 3. The zero-order valence-corrected chi connectivity index (χ0v) is 16.7. The maximum Gasteiger partial charge on any atom is 0.159 e. The Morgan fingerprint density at radius 2 is 1.76 bits per heavy atom. The molecule has 29 heavy (non-hydrogen) atoms. The quantitative estimate of drug-likeness (QED) is 0.701. The van der Waals surface area contributed by atoms with Crippen LogP contribution in [-0.2, 0) is 0 Å². The first-order chi connectivity index (χ1) is 14.0. The van der Waals surface area contributed by atoms with E-state index in [9.17, 15) is 8.78 Å². The summed E-state index contributed by atoms with van der Waals surface area (Å²) in [4.78, 5) is 16.9. The standard InChI is InChI=1S/C22H25F2N5/c1-15(2)14-28-7-9-29(10-8-28)21-12-17(5-6-25-21)22-26-13-20(27-22)16-3-4-18(23)19(24)11-16/h3-6,11-13,15H,7-10,14H2,1-2H3,(H,26,27). The van der Waals surface area contributed by atoms with Gasteiger partial charge in [0.1, 0.15) is 11.6 Å². The number of anilines is 1. The van der Waals surface area contributed by atoms with Crippen molar-refractivity contribution in [2.24, 2.45) is 5.92 Å². The van der Waals surface area contributed by atoms with Gasteiger partial charge in [-0.25, -0.2) is 18.7 Å². The van der Waals surface area contributed by atoms with E-state index >= 15 is 0 Å². The fourth-order valence-corrected chi connectivity index (χ4v) is 3.69. The van der Waals surface area contributed by atoms with E-state index in [1.165, 1.54) is 12.1 Å². The van der Waals surface area contributed by atoms with E-state index in [-0.39, 0.29) is 0 Å². The molecule has 1 aromatic carbocycles. The predicted molar refractivity (Wildman–Crippen MR) is 111 cm³/mol. The van der Waals surface area contributed by atoms with Crippen LogP contribution < -0.4 is 4.90 Å². The highest BCUT2D eigenvalue weighted by Crippen LogP contribution is 2.25. The van der Waals surface area contributed by atoms with Crippen LogP contribution in [0.15, 0.2) is 42.7 Å². The number of aromatic amines is 1. The molecular formula is C22H25F2N5. The Bertz CT molecular complexity index is 977. The highest BCUT2D eigenvalue weighted by Gasteiger charge is 2.19. The van der Waals surface area contributed by atoms with Gasteiger partial charge in [0.25, 0.3) is 0 Å². The van der Waals surface area contributed by atoms with Crippen LogP contribution in [0, 0.1) is 17.6 Å². The summed E-state index contributed by atoms with van der Waals surface area (Å²) in [6, 6.07) is 7.73. The summed E-state index contributed by atoms with van der Waals surface area (Å²) in [5, 5.41) is 0. The van der Waals surface area contributed by atoms with Crippen molar-refractivity contribution in [3.8, 4) is 22.6 Å². The van der Waals surface area contributed by atoms with E-state index in [4.69, 9.17) is 0 Å². The van der Waals surface area contributed by atoms with E-state index in [0.29, 0.717) is 23.0 Å². The molecule has 2 aromatic heterocycles. The van der Waals surface area contributed by atoms with Gasteiger partial charge in [-0.2, -0.15) is 0 Å². The van der Waals surface area contributed by atoms with Crippen molar-refractivity contribution in [1.82, 2.24) is 19.9 Å². The molecular weight excluding hydrogens is 372 g/mol. The zero-order chi connectivity index (χ0) is 20.4. The molecule has 1 aliphatic rings. The summed E-state index contributed by atoms with van der Waals surface area (Å²) in [5.41, 5.74) is 2.10. The van der Waals surface area contributed by atoms with Crippen molar-refractivity contribution in [3.63, 3.8) is 0 Å². The summed E-state index contributed by atoms with van der Waals surface area (Å²) < 4.78 is 26.7. The molecule has 3 heterocycles. The molecule has 0 radical (unpaired) electrons. The highest BCUT2D eigenvalue weighted by molar-refractivity contribution is 5.66. The van der Waals surface area contributed by atoms with Crippen LogP contribution in [0.25, 0.3) is 22.6 Å². The summed E-state index contributed by atoms with van der Waals surface area (Å²) in [6.45, 7) is 9.57. The second-order valence-electron chi connectivity index (χ2n) is 7.86. The Kier molecular flexibility index (Phi) is 5.58. The molecule has 0 atom stereocenters. The fraction of sp³-hybridized carbons (Fsp3) is 0.364. The highest BCUT2D eigenvalue weighted by atomic mass is 19.2. The van der Waals surface area contributed by atoms with Gasteiger partial charge in [-0.1, -0.05) is 13.8 Å². The lowest BCUT2D eigenvalue weighted by Crippen LogP contribution is -2.47. The maximum absolute atomic E-state index is 13.5. The number of hydrogen-bond acceptors (Lipinski definition) is 4. The number of piperazine rings is 1. The van der Waals surface area contributed by atoms with Crippen LogP contribution in [0.3, 0.4) is 0 Å². The van der Waals surface area contributed by atoms with Crippen LogP contribution in [0.2, 0.25) is 0 Å². The average Bonchev–Trinajstić information content (AvgIpc) is 3.21.